The van der Waals surface area contributed by atoms with Gasteiger partial charge in [0.2, 0.25) is 0 Å². The number of halogens is 4. The van der Waals surface area contributed by atoms with Crippen LogP contribution in [0.1, 0.15) is 99.3 Å². The van der Waals surface area contributed by atoms with Crippen molar-refractivity contribution in [3.8, 4) is 5.75 Å². The minimum atomic E-state index is -4.79. The fraction of sp³-hybridized carbons (Fsp3) is 0.576. The Morgan fingerprint density at radius 1 is 0.868 bits per heavy atom. The van der Waals surface area contributed by atoms with Crippen LogP contribution in [-0.4, -0.2) is 6.61 Å². The lowest BCUT2D eigenvalue weighted by Crippen LogP contribution is -2.22. The van der Waals surface area contributed by atoms with Gasteiger partial charge < -0.3 is 4.74 Å². The highest BCUT2D eigenvalue weighted by atomic mass is 19.4. The predicted octanol–water partition coefficient (Wildman–Crippen LogP) is 10.2. The molecule has 38 heavy (non-hydrogen) atoms. The van der Waals surface area contributed by atoms with Crippen molar-refractivity contribution in [3.63, 3.8) is 0 Å². The second kappa shape index (κ2) is 13.2. The van der Waals surface area contributed by atoms with Gasteiger partial charge in [0.05, 0.1) is 6.61 Å². The molecule has 1 fully saturated rings. The average molecular weight is 531 g/mol. The molecule has 2 aromatic carbocycles. The summed E-state index contributed by atoms with van der Waals surface area (Å²) < 4.78 is 59.3. The molecule has 0 heterocycles. The summed E-state index contributed by atoms with van der Waals surface area (Å²) >= 11 is 0. The van der Waals surface area contributed by atoms with E-state index in [0.29, 0.717) is 18.8 Å². The zero-order valence-corrected chi connectivity index (χ0v) is 22.8. The molecule has 0 radical (unpaired) electrons. The molecular formula is C33H42F4O. The minimum Gasteiger partial charge on any atom is -0.493 e. The maximum atomic E-state index is 14.1. The summed E-state index contributed by atoms with van der Waals surface area (Å²) in [6.45, 7) is 3.69. The van der Waals surface area contributed by atoms with Crippen molar-refractivity contribution in [3.05, 3.63) is 76.6 Å². The Hall–Kier alpha value is -2.30. The summed E-state index contributed by atoms with van der Waals surface area (Å²) in [5, 5.41) is 0. The van der Waals surface area contributed by atoms with E-state index in [0.717, 1.165) is 23.3 Å². The average Bonchev–Trinajstić information content (AvgIpc) is 2.92. The summed E-state index contributed by atoms with van der Waals surface area (Å²) in [7, 11) is 0. The summed E-state index contributed by atoms with van der Waals surface area (Å²) in [6.07, 6.45) is 13.3. The minimum absolute atomic E-state index is 0.0416. The zero-order valence-electron chi connectivity index (χ0n) is 22.8. The van der Waals surface area contributed by atoms with Crippen LogP contribution in [0.5, 0.6) is 5.75 Å². The molecule has 1 nitrogen and oxygen atoms in total. The molecule has 0 aliphatic heterocycles. The third-order valence-electron chi connectivity index (χ3n) is 8.71. The largest absolute Gasteiger partial charge is 0.493 e. The molecule has 4 rings (SSSR count). The van der Waals surface area contributed by atoms with E-state index in [1.165, 1.54) is 82.4 Å². The van der Waals surface area contributed by atoms with Gasteiger partial charge >= 0.3 is 6.18 Å². The van der Waals surface area contributed by atoms with E-state index < -0.39 is 23.3 Å². The molecule has 0 saturated heterocycles. The number of benzene rings is 2. The molecule has 0 aromatic heterocycles. The number of hydrogen-bond donors (Lipinski definition) is 0. The van der Waals surface area contributed by atoms with Crippen molar-refractivity contribution in [2.24, 2.45) is 17.8 Å². The highest BCUT2D eigenvalue weighted by Crippen LogP contribution is 2.43. The first-order valence-electron chi connectivity index (χ1n) is 14.5. The number of hydrogen-bond acceptors (Lipinski definition) is 1. The third kappa shape index (κ3) is 7.42. The third-order valence-corrected chi connectivity index (χ3v) is 8.71. The second-order valence-corrected chi connectivity index (χ2v) is 11.4. The number of alkyl halides is 3. The fourth-order valence-corrected chi connectivity index (χ4v) is 6.34. The number of allylic oxidation sites excluding steroid dienone is 2. The monoisotopic (exact) mass is 530 g/mol. The van der Waals surface area contributed by atoms with Gasteiger partial charge in [0, 0.05) is 0 Å². The first kappa shape index (κ1) is 28.7. The van der Waals surface area contributed by atoms with Crippen molar-refractivity contribution in [1.82, 2.24) is 0 Å². The van der Waals surface area contributed by atoms with Crippen LogP contribution in [0.2, 0.25) is 0 Å². The first-order chi connectivity index (χ1) is 18.3. The smallest absolute Gasteiger partial charge is 0.422 e. The zero-order chi connectivity index (χ0) is 27.1. The Balaban J connectivity index is 1.21. The highest BCUT2D eigenvalue weighted by molar-refractivity contribution is 5.40. The molecule has 1 saturated carbocycles. The van der Waals surface area contributed by atoms with E-state index >= 15 is 0 Å². The van der Waals surface area contributed by atoms with E-state index in [4.69, 9.17) is 4.74 Å². The molecule has 0 amide bonds. The maximum Gasteiger partial charge on any atom is 0.422 e. The standard InChI is InChI=1S/C33H42F4O/c1-3-4-6-24-9-13-26(14-10-24)28-17-19-29(20-18-28)27-15-11-25(12-16-27)7-5-22-38-30-21-8-23(2)32(34)31(30)33(35,36)37/h8-9,11-13,15-16,21,24,26,28-29H,3-7,10,14,17-20,22H2,1-2H3. The van der Waals surface area contributed by atoms with Crippen LogP contribution >= 0.6 is 0 Å². The van der Waals surface area contributed by atoms with Gasteiger partial charge in [-0.3, -0.25) is 0 Å². The van der Waals surface area contributed by atoms with Gasteiger partial charge in [-0.1, -0.05) is 62.2 Å². The Labute approximate surface area is 225 Å². The number of unbranched alkanes of at least 4 members (excludes halogenated alkanes) is 1. The van der Waals surface area contributed by atoms with E-state index in [-0.39, 0.29) is 12.2 Å². The maximum absolute atomic E-state index is 14.1. The Kier molecular flexibility index (Phi) is 9.95. The van der Waals surface area contributed by atoms with Gasteiger partial charge in [-0.05, 0) is 111 Å². The molecule has 0 bridgehead atoms. The van der Waals surface area contributed by atoms with E-state index in [1.807, 2.05) is 0 Å². The molecule has 0 N–H and O–H groups in total. The Morgan fingerprint density at radius 2 is 1.61 bits per heavy atom. The predicted molar refractivity (Wildman–Crippen MR) is 146 cm³/mol. The quantitative estimate of drug-likeness (QED) is 0.169. The molecule has 5 heteroatoms. The van der Waals surface area contributed by atoms with Crippen LogP contribution < -0.4 is 4.74 Å². The molecule has 2 aliphatic carbocycles. The van der Waals surface area contributed by atoms with E-state index in [1.54, 1.807) is 0 Å². The molecule has 2 aliphatic rings. The van der Waals surface area contributed by atoms with Gasteiger partial charge in [-0.25, -0.2) is 4.39 Å². The van der Waals surface area contributed by atoms with Crippen LogP contribution in [-0.2, 0) is 12.6 Å². The van der Waals surface area contributed by atoms with Gasteiger partial charge in [0.15, 0.2) is 0 Å². The molecule has 2 atom stereocenters. The van der Waals surface area contributed by atoms with Crippen molar-refractivity contribution in [2.75, 3.05) is 6.61 Å². The Morgan fingerprint density at radius 3 is 2.24 bits per heavy atom. The van der Waals surface area contributed by atoms with Crippen molar-refractivity contribution in [1.29, 1.82) is 0 Å². The van der Waals surface area contributed by atoms with Crippen LogP contribution in [0, 0.1) is 30.5 Å². The normalized spacial score (nSPS) is 23.9. The first-order valence-corrected chi connectivity index (χ1v) is 14.5. The summed E-state index contributed by atoms with van der Waals surface area (Å²) in [5.74, 6) is 1.31. The van der Waals surface area contributed by atoms with Crippen molar-refractivity contribution < 1.29 is 22.3 Å². The topological polar surface area (TPSA) is 9.23 Å². The SMILES string of the molecule is CCCCC1C=CC(C2CCC(c3ccc(CCCOc4ccc(C)c(F)c4C(F)(F)F)cc3)CC2)CC1. The van der Waals surface area contributed by atoms with Crippen LogP contribution in [0.25, 0.3) is 0 Å². The lowest BCUT2D eigenvalue weighted by molar-refractivity contribution is -0.141. The summed E-state index contributed by atoms with van der Waals surface area (Å²) in [6, 6.07) is 11.2. The van der Waals surface area contributed by atoms with Gasteiger partial charge in [-0.2, -0.15) is 13.2 Å². The van der Waals surface area contributed by atoms with Crippen molar-refractivity contribution in [2.45, 2.75) is 96.6 Å². The lowest BCUT2D eigenvalue weighted by Gasteiger charge is -2.35. The second-order valence-electron chi connectivity index (χ2n) is 11.4. The molecule has 0 spiro atoms. The fourth-order valence-electron chi connectivity index (χ4n) is 6.34. The Bertz CT molecular complexity index is 1050. The van der Waals surface area contributed by atoms with Crippen LogP contribution in [0.3, 0.4) is 0 Å². The van der Waals surface area contributed by atoms with E-state index in [9.17, 15) is 17.6 Å². The van der Waals surface area contributed by atoms with Crippen molar-refractivity contribution >= 4 is 0 Å². The van der Waals surface area contributed by atoms with Gasteiger partial charge in [0.1, 0.15) is 17.1 Å². The number of ether oxygens (including phenoxy) is 1. The summed E-state index contributed by atoms with van der Waals surface area (Å²) in [4.78, 5) is 0. The molecular weight excluding hydrogens is 488 g/mol. The molecule has 2 unspecified atom stereocenters. The van der Waals surface area contributed by atoms with Gasteiger partial charge in [0.25, 0.3) is 0 Å². The number of aryl methyl sites for hydroxylation is 2. The van der Waals surface area contributed by atoms with Gasteiger partial charge in [-0.15, -0.1) is 0 Å². The van der Waals surface area contributed by atoms with E-state index in [2.05, 4.69) is 43.3 Å². The lowest BCUT2D eigenvalue weighted by atomic mass is 9.70. The summed E-state index contributed by atoms with van der Waals surface area (Å²) in [5.41, 5.74) is 1.18. The highest BCUT2D eigenvalue weighted by Gasteiger charge is 2.38. The molecule has 208 valence electrons. The van der Waals surface area contributed by atoms with Crippen LogP contribution in [0.15, 0.2) is 48.6 Å². The number of rotatable bonds is 10. The molecule has 2 aromatic rings. The van der Waals surface area contributed by atoms with Crippen LogP contribution in [0.4, 0.5) is 17.6 Å².